The predicted octanol–water partition coefficient (Wildman–Crippen LogP) is 4.05. The summed E-state index contributed by atoms with van der Waals surface area (Å²) in [5.41, 5.74) is 8.12. The van der Waals surface area contributed by atoms with Crippen LogP contribution in [0.5, 0.6) is 5.75 Å². The highest BCUT2D eigenvalue weighted by atomic mass is 16.5. The summed E-state index contributed by atoms with van der Waals surface area (Å²) >= 11 is 0. The van der Waals surface area contributed by atoms with Crippen molar-refractivity contribution < 1.29 is 9.53 Å². The zero-order valence-electron chi connectivity index (χ0n) is 13.9. The average molecular weight is 312 g/mol. The smallest absolute Gasteiger partial charge is 0.232 e. The van der Waals surface area contributed by atoms with Gasteiger partial charge in [-0.1, -0.05) is 50.6 Å². The standard InChI is InChI=1S/C19H24N2O2/c1-4-13(2)18(14-8-6-5-7-9-14)19(22)21-15-10-11-17(23-3)16(20)12-15/h5-13,18H,4,20H2,1-3H3,(H,21,22). The van der Waals surface area contributed by atoms with Gasteiger partial charge < -0.3 is 15.8 Å². The van der Waals surface area contributed by atoms with E-state index in [4.69, 9.17) is 10.5 Å². The molecule has 2 aromatic carbocycles. The molecule has 4 nitrogen and oxygen atoms in total. The van der Waals surface area contributed by atoms with Crippen molar-refractivity contribution in [2.75, 3.05) is 18.2 Å². The summed E-state index contributed by atoms with van der Waals surface area (Å²) in [5.74, 6) is 0.636. The largest absolute Gasteiger partial charge is 0.495 e. The molecule has 3 N–H and O–H groups in total. The molecule has 0 heterocycles. The van der Waals surface area contributed by atoms with Gasteiger partial charge in [-0.25, -0.2) is 0 Å². The zero-order valence-corrected chi connectivity index (χ0v) is 13.9. The number of hydrogen-bond donors (Lipinski definition) is 2. The van der Waals surface area contributed by atoms with Crippen LogP contribution in [0.1, 0.15) is 31.7 Å². The van der Waals surface area contributed by atoms with Gasteiger partial charge >= 0.3 is 0 Å². The topological polar surface area (TPSA) is 64.3 Å². The Balaban J connectivity index is 2.23. The van der Waals surface area contributed by atoms with Crippen molar-refractivity contribution in [2.45, 2.75) is 26.2 Å². The molecule has 4 heteroatoms. The number of benzene rings is 2. The molecule has 0 radical (unpaired) electrons. The van der Waals surface area contributed by atoms with E-state index >= 15 is 0 Å². The Hall–Kier alpha value is -2.49. The first-order valence-electron chi connectivity index (χ1n) is 7.86. The number of nitrogens with two attached hydrogens (primary N) is 1. The van der Waals surface area contributed by atoms with Gasteiger partial charge in [0.25, 0.3) is 0 Å². The van der Waals surface area contributed by atoms with E-state index in [0.717, 1.165) is 12.0 Å². The Morgan fingerprint density at radius 1 is 1.22 bits per heavy atom. The molecule has 0 spiro atoms. The normalized spacial score (nSPS) is 13.2. The third-order valence-electron chi connectivity index (χ3n) is 4.15. The molecule has 122 valence electrons. The van der Waals surface area contributed by atoms with Crippen LogP contribution in [0, 0.1) is 5.92 Å². The summed E-state index contributed by atoms with van der Waals surface area (Å²) < 4.78 is 5.14. The lowest BCUT2D eigenvalue weighted by Gasteiger charge is -2.23. The van der Waals surface area contributed by atoms with Crippen LogP contribution in [0.25, 0.3) is 0 Å². The van der Waals surface area contributed by atoms with E-state index in [0.29, 0.717) is 17.1 Å². The SMILES string of the molecule is CCC(C)C(C(=O)Nc1ccc(OC)c(N)c1)c1ccccc1. The highest BCUT2D eigenvalue weighted by Crippen LogP contribution is 2.30. The molecule has 0 aliphatic carbocycles. The summed E-state index contributed by atoms with van der Waals surface area (Å²) in [4.78, 5) is 12.8. The second-order valence-electron chi connectivity index (χ2n) is 5.72. The Morgan fingerprint density at radius 2 is 1.91 bits per heavy atom. The highest BCUT2D eigenvalue weighted by molar-refractivity contribution is 5.96. The minimum atomic E-state index is -0.190. The predicted molar refractivity (Wildman–Crippen MR) is 94.7 cm³/mol. The maximum Gasteiger partial charge on any atom is 0.232 e. The van der Waals surface area contributed by atoms with E-state index in [-0.39, 0.29) is 17.7 Å². The lowest BCUT2D eigenvalue weighted by molar-refractivity contribution is -0.118. The molecular formula is C19H24N2O2. The number of ether oxygens (including phenoxy) is 1. The quantitative estimate of drug-likeness (QED) is 0.791. The summed E-state index contributed by atoms with van der Waals surface area (Å²) in [6.45, 7) is 4.19. The Bertz CT molecular complexity index is 656. The van der Waals surface area contributed by atoms with Crippen molar-refractivity contribution in [1.82, 2.24) is 0 Å². The number of amides is 1. The average Bonchev–Trinajstić information content (AvgIpc) is 2.56. The van der Waals surface area contributed by atoms with Crippen molar-refractivity contribution >= 4 is 17.3 Å². The number of hydrogen-bond acceptors (Lipinski definition) is 3. The molecule has 0 saturated carbocycles. The highest BCUT2D eigenvalue weighted by Gasteiger charge is 2.25. The van der Waals surface area contributed by atoms with Crippen LogP contribution < -0.4 is 15.8 Å². The fourth-order valence-corrected chi connectivity index (χ4v) is 2.67. The van der Waals surface area contributed by atoms with Crippen molar-refractivity contribution in [1.29, 1.82) is 0 Å². The number of carbonyl (C=O) groups excluding carboxylic acids is 1. The summed E-state index contributed by atoms with van der Waals surface area (Å²) in [6.07, 6.45) is 0.928. The molecule has 0 fully saturated rings. The molecule has 0 aliphatic heterocycles. The second kappa shape index (κ2) is 7.68. The maximum absolute atomic E-state index is 12.8. The second-order valence-corrected chi connectivity index (χ2v) is 5.72. The number of anilines is 2. The molecule has 0 bridgehead atoms. The van der Waals surface area contributed by atoms with Gasteiger partial charge in [0.15, 0.2) is 0 Å². The van der Waals surface area contributed by atoms with Crippen molar-refractivity contribution in [2.24, 2.45) is 5.92 Å². The Labute approximate surface area is 137 Å². The summed E-state index contributed by atoms with van der Waals surface area (Å²) in [6, 6.07) is 15.1. The van der Waals surface area contributed by atoms with Crippen LogP contribution in [0.3, 0.4) is 0 Å². The van der Waals surface area contributed by atoms with E-state index in [1.807, 2.05) is 30.3 Å². The van der Waals surface area contributed by atoms with Gasteiger partial charge in [0.05, 0.1) is 18.7 Å². The van der Waals surface area contributed by atoms with Gasteiger partial charge in [0.1, 0.15) is 5.75 Å². The molecule has 0 aromatic heterocycles. The molecule has 1 amide bonds. The van der Waals surface area contributed by atoms with Gasteiger partial charge in [-0.2, -0.15) is 0 Å². The van der Waals surface area contributed by atoms with Crippen molar-refractivity contribution in [3.8, 4) is 5.75 Å². The van der Waals surface area contributed by atoms with E-state index in [1.165, 1.54) is 0 Å². The van der Waals surface area contributed by atoms with Crippen molar-refractivity contribution in [3.63, 3.8) is 0 Å². The van der Waals surface area contributed by atoms with Crippen LogP contribution in [-0.2, 0) is 4.79 Å². The fourth-order valence-electron chi connectivity index (χ4n) is 2.67. The van der Waals surface area contributed by atoms with Gasteiger partial charge in [-0.3, -0.25) is 4.79 Å². The van der Waals surface area contributed by atoms with E-state index in [2.05, 4.69) is 19.2 Å². The monoisotopic (exact) mass is 312 g/mol. The molecule has 2 rings (SSSR count). The lowest BCUT2D eigenvalue weighted by Crippen LogP contribution is -2.26. The lowest BCUT2D eigenvalue weighted by atomic mass is 9.85. The van der Waals surface area contributed by atoms with Crippen LogP contribution >= 0.6 is 0 Å². The first-order chi connectivity index (χ1) is 11.1. The summed E-state index contributed by atoms with van der Waals surface area (Å²) in [7, 11) is 1.57. The van der Waals surface area contributed by atoms with Crippen LogP contribution in [0.2, 0.25) is 0 Å². The molecule has 2 atom stereocenters. The minimum absolute atomic E-state index is 0.0184. The van der Waals surface area contributed by atoms with E-state index < -0.39 is 0 Å². The number of methoxy groups -OCH3 is 1. The number of rotatable bonds is 6. The van der Waals surface area contributed by atoms with E-state index in [1.54, 1.807) is 25.3 Å². The molecule has 2 aromatic rings. The molecule has 23 heavy (non-hydrogen) atoms. The first-order valence-corrected chi connectivity index (χ1v) is 7.86. The maximum atomic E-state index is 12.8. The summed E-state index contributed by atoms with van der Waals surface area (Å²) in [5, 5.41) is 2.97. The van der Waals surface area contributed by atoms with Gasteiger partial charge in [0.2, 0.25) is 5.91 Å². The van der Waals surface area contributed by atoms with Crippen molar-refractivity contribution in [3.05, 3.63) is 54.1 Å². The number of carbonyl (C=O) groups is 1. The molecular weight excluding hydrogens is 288 g/mol. The Morgan fingerprint density at radius 3 is 2.48 bits per heavy atom. The molecule has 0 aliphatic rings. The Kier molecular flexibility index (Phi) is 5.63. The first kappa shape index (κ1) is 16.9. The van der Waals surface area contributed by atoms with Crippen LogP contribution in [0.4, 0.5) is 11.4 Å². The minimum Gasteiger partial charge on any atom is -0.495 e. The van der Waals surface area contributed by atoms with Crippen LogP contribution in [-0.4, -0.2) is 13.0 Å². The van der Waals surface area contributed by atoms with Gasteiger partial charge in [0, 0.05) is 5.69 Å². The number of nitrogens with one attached hydrogen (secondary N) is 1. The van der Waals surface area contributed by atoms with E-state index in [9.17, 15) is 4.79 Å². The molecule has 0 saturated heterocycles. The third kappa shape index (κ3) is 4.03. The zero-order chi connectivity index (χ0) is 16.8. The molecule has 2 unspecified atom stereocenters. The van der Waals surface area contributed by atoms with Gasteiger partial charge in [-0.05, 0) is 29.7 Å². The fraction of sp³-hybridized carbons (Fsp3) is 0.316. The third-order valence-corrected chi connectivity index (χ3v) is 4.15. The number of nitrogen functional groups attached to an aromatic ring is 1. The van der Waals surface area contributed by atoms with Crippen LogP contribution in [0.15, 0.2) is 48.5 Å². The van der Waals surface area contributed by atoms with Gasteiger partial charge in [-0.15, -0.1) is 0 Å².